The molecule has 230 valence electrons. The molecule has 6 rings (SSSR count). The Morgan fingerprint density at radius 1 is 0.977 bits per heavy atom. The lowest BCUT2D eigenvalue weighted by Crippen LogP contribution is -2.54. The van der Waals surface area contributed by atoms with Crippen molar-refractivity contribution in [3.05, 3.63) is 82.2 Å². The number of furan rings is 1. The third kappa shape index (κ3) is 5.38. The van der Waals surface area contributed by atoms with E-state index >= 15 is 0 Å². The molecule has 44 heavy (non-hydrogen) atoms. The van der Waals surface area contributed by atoms with Crippen molar-refractivity contribution in [2.45, 2.75) is 52.6 Å². The van der Waals surface area contributed by atoms with E-state index in [0.717, 1.165) is 36.4 Å². The van der Waals surface area contributed by atoms with E-state index in [-0.39, 0.29) is 17.4 Å². The topological polar surface area (TPSA) is 101 Å². The van der Waals surface area contributed by atoms with Crippen LogP contribution in [0.2, 0.25) is 0 Å². The van der Waals surface area contributed by atoms with Gasteiger partial charge in [-0.25, -0.2) is 0 Å². The van der Waals surface area contributed by atoms with Crippen LogP contribution >= 0.6 is 0 Å². The van der Waals surface area contributed by atoms with Crippen molar-refractivity contribution in [1.82, 2.24) is 14.5 Å². The van der Waals surface area contributed by atoms with Crippen molar-refractivity contribution in [3.8, 4) is 5.75 Å². The number of nitrogens with zero attached hydrogens (tertiary/aromatic N) is 5. The van der Waals surface area contributed by atoms with Crippen molar-refractivity contribution in [2.75, 3.05) is 43.6 Å². The summed E-state index contributed by atoms with van der Waals surface area (Å²) in [7, 11) is 3.49. The minimum atomic E-state index is -0.937. The maximum absolute atomic E-state index is 13.3. The van der Waals surface area contributed by atoms with Crippen LogP contribution in [0.25, 0.3) is 11.0 Å². The highest BCUT2D eigenvalue weighted by atomic mass is 16.5. The first-order valence-corrected chi connectivity index (χ1v) is 15.2. The molecule has 1 aromatic carbocycles. The summed E-state index contributed by atoms with van der Waals surface area (Å²) in [6.45, 7) is 6.99. The smallest absolute Gasteiger partial charge is 0.261 e. The standard InChI is InChI=1S/C34H39N5O5/c1-23-20-27-30(44-23)11-16-39(31(27)40)18-17-38(22-25-8-5-14-35-24(25)2)15-7-19-43-26-9-10-28-29(21-26)37(4)33(42)34(12-6-13-34)32(41)36(28)3/h5,8-11,14,16,20-21H,6-7,12-13,15,17-19,22H2,1-4H3. The SMILES string of the molecule is Cc1cc2c(=O)n(CCN(CCCOc3ccc4c(c3)N(C)C(=O)C3(CCC3)C(=O)N4C)Cc3cccnc3C)ccc2o1. The van der Waals surface area contributed by atoms with Crippen LogP contribution in [0, 0.1) is 19.3 Å². The van der Waals surface area contributed by atoms with Gasteiger partial charge in [-0.05, 0) is 69.0 Å². The van der Waals surface area contributed by atoms with E-state index in [9.17, 15) is 14.4 Å². The van der Waals surface area contributed by atoms with Crippen molar-refractivity contribution in [3.63, 3.8) is 0 Å². The second kappa shape index (κ2) is 11.9. The number of aromatic nitrogens is 2. The number of hydrogen-bond acceptors (Lipinski definition) is 7. The van der Waals surface area contributed by atoms with Crippen LogP contribution in [0.1, 0.15) is 42.7 Å². The molecule has 1 saturated carbocycles. The van der Waals surface area contributed by atoms with Gasteiger partial charge in [0.05, 0.1) is 23.4 Å². The van der Waals surface area contributed by atoms with Crippen LogP contribution in [0.4, 0.5) is 11.4 Å². The minimum Gasteiger partial charge on any atom is -0.493 e. The Bertz CT molecular complexity index is 1770. The van der Waals surface area contributed by atoms with Crippen LogP contribution in [-0.2, 0) is 22.7 Å². The lowest BCUT2D eigenvalue weighted by molar-refractivity contribution is -0.145. The van der Waals surface area contributed by atoms with E-state index in [0.29, 0.717) is 67.2 Å². The first-order valence-electron chi connectivity index (χ1n) is 15.2. The fourth-order valence-electron chi connectivity index (χ4n) is 6.36. The number of fused-ring (bicyclic) bond motifs is 2. The van der Waals surface area contributed by atoms with Crippen LogP contribution in [0.5, 0.6) is 5.75 Å². The fourth-order valence-corrected chi connectivity index (χ4v) is 6.36. The zero-order chi connectivity index (χ0) is 31.0. The summed E-state index contributed by atoms with van der Waals surface area (Å²) < 4.78 is 13.5. The molecule has 0 N–H and O–H groups in total. The molecule has 0 radical (unpaired) electrons. The Morgan fingerprint density at radius 3 is 2.48 bits per heavy atom. The Labute approximate surface area is 256 Å². The Balaban J connectivity index is 1.12. The summed E-state index contributed by atoms with van der Waals surface area (Å²) in [5.41, 5.74) is 3.13. The maximum Gasteiger partial charge on any atom is 0.261 e. The number of carbonyl (C=O) groups excluding carboxylic acids is 2. The number of aryl methyl sites for hydroxylation is 2. The molecule has 4 aromatic rings. The molecular formula is C34H39N5O5. The van der Waals surface area contributed by atoms with Gasteiger partial charge in [-0.15, -0.1) is 0 Å². The molecule has 0 atom stereocenters. The summed E-state index contributed by atoms with van der Waals surface area (Å²) in [5.74, 6) is 1.11. The molecule has 10 heteroatoms. The molecular weight excluding hydrogens is 558 g/mol. The van der Waals surface area contributed by atoms with E-state index in [1.165, 1.54) is 0 Å². The largest absolute Gasteiger partial charge is 0.493 e. The second-order valence-corrected chi connectivity index (χ2v) is 12.0. The van der Waals surface area contributed by atoms with Gasteiger partial charge in [-0.3, -0.25) is 24.3 Å². The molecule has 1 spiro atoms. The average molecular weight is 598 g/mol. The second-order valence-electron chi connectivity index (χ2n) is 12.0. The van der Waals surface area contributed by atoms with Gasteiger partial charge in [-0.1, -0.05) is 12.5 Å². The van der Waals surface area contributed by atoms with Crippen molar-refractivity contribution >= 4 is 34.2 Å². The van der Waals surface area contributed by atoms with E-state index in [4.69, 9.17) is 9.15 Å². The number of amides is 2. The molecule has 0 bridgehead atoms. The molecule has 2 amide bonds. The third-order valence-electron chi connectivity index (χ3n) is 9.14. The van der Waals surface area contributed by atoms with Gasteiger partial charge in [0, 0.05) is 64.4 Å². The number of hydrogen-bond donors (Lipinski definition) is 0. The summed E-state index contributed by atoms with van der Waals surface area (Å²) in [6.07, 6.45) is 6.42. The van der Waals surface area contributed by atoms with Crippen LogP contribution in [0.3, 0.4) is 0 Å². The summed E-state index contributed by atoms with van der Waals surface area (Å²) in [5, 5.41) is 0.597. The fraction of sp³-hybridized carbons (Fsp3) is 0.412. The van der Waals surface area contributed by atoms with Crippen LogP contribution in [-0.4, -0.2) is 60.1 Å². The lowest BCUT2D eigenvalue weighted by atomic mass is 9.67. The summed E-state index contributed by atoms with van der Waals surface area (Å²) in [6, 6.07) is 13.2. The number of anilines is 2. The molecule has 3 aromatic heterocycles. The predicted octanol–water partition coefficient (Wildman–Crippen LogP) is 4.69. The minimum absolute atomic E-state index is 0.0533. The van der Waals surface area contributed by atoms with Crippen molar-refractivity contribution < 1.29 is 18.7 Å². The van der Waals surface area contributed by atoms with Crippen LogP contribution < -0.4 is 20.1 Å². The zero-order valence-electron chi connectivity index (χ0n) is 25.8. The zero-order valence-corrected chi connectivity index (χ0v) is 25.8. The quantitative estimate of drug-likeness (QED) is 0.193. The molecule has 1 fully saturated rings. The summed E-state index contributed by atoms with van der Waals surface area (Å²) in [4.78, 5) is 49.6. The molecule has 0 saturated heterocycles. The molecule has 10 nitrogen and oxygen atoms in total. The predicted molar refractivity (Wildman–Crippen MR) is 169 cm³/mol. The Kier molecular flexibility index (Phi) is 8.02. The number of pyridine rings is 2. The molecule has 4 heterocycles. The highest BCUT2D eigenvalue weighted by Gasteiger charge is 2.55. The summed E-state index contributed by atoms with van der Waals surface area (Å²) >= 11 is 0. The first-order chi connectivity index (χ1) is 21.2. The Morgan fingerprint density at radius 2 is 1.75 bits per heavy atom. The third-order valence-corrected chi connectivity index (χ3v) is 9.14. The monoisotopic (exact) mass is 597 g/mol. The number of rotatable bonds is 10. The van der Waals surface area contributed by atoms with Gasteiger partial charge in [0.1, 0.15) is 22.5 Å². The van der Waals surface area contributed by atoms with Crippen molar-refractivity contribution in [1.29, 1.82) is 0 Å². The van der Waals surface area contributed by atoms with Crippen LogP contribution in [0.15, 0.2) is 64.1 Å². The lowest BCUT2D eigenvalue weighted by Gasteiger charge is -2.40. The normalized spacial score (nSPS) is 16.0. The first kappa shape index (κ1) is 29.6. The maximum atomic E-state index is 13.3. The van der Waals surface area contributed by atoms with Gasteiger partial charge in [0.25, 0.3) is 5.56 Å². The number of benzene rings is 1. The van der Waals surface area contributed by atoms with Gasteiger partial charge in [0.2, 0.25) is 11.8 Å². The van der Waals surface area contributed by atoms with E-state index in [2.05, 4.69) is 16.0 Å². The van der Waals surface area contributed by atoms with E-state index < -0.39 is 5.41 Å². The number of ether oxygens (including phenoxy) is 1. The highest BCUT2D eigenvalue weighted by Crippen LogP contribution is 2.49. The highest BCUT2D eigenvalue weighted by molar-refractivity contribution is 6.20. The molecule has 1 aliphatic heterocycles. The average Bonchev–Trinajstić information content (AvgIpc) is 3.37. The molecule has 2 aliphatic rings. The van der Waals surface area contributed by atoms with Gasteiger partial charge in [-0.2, -0.15) is 0 Å². The Hall–Kier alpha value is -4.44. The molecule has 0 unspecified atom stereocenters. The molecule has 1 aliphatic carbocycles. The number of carbonyl (C=O) groups is 2. The van der Waals surface area contributed by atoms with Gasteiger partial charge >= 0.3 is 0 Å². The van der Waals surface area contributed by atoms with Gasteiger partial charge in [0.15, 0.2) is 0 Å². The van der Waals surface area contributed by atoms with Crippen molar-refractivity contribution in [2.24, 2.45) is 5.41 Å². The van der Waals surface area contributed by atoms with Gasteiger partial charge < -0.3 is 23.5 Å². The van der Waals surface area contributed by atoms with E-state index in [1.807, 2.05) is 44.2 Å². The van der Waals surface area contributed by atoms with E-state index in [1.54, 1.807) is 46.9 Å².